The molecule has 2 amide bonds. The van der Waals surface area contributed by atoms with Crippen molar-refractivity contribution in [1.82, 2.24) is 4.90 Å². The molecule has 2 aromatic carbocycles. The smallest absolute Gasteiger partial charge is 0.349 e. The molecule has 1 saturated heterocycles. The van der Waals surface area contributed by atoms with Gasteiger partial charge in [-0.05, 0) is 64.5 Å². The summed E-state index contributed by atoms with van der Waals surface area (Å²) in [6.07, 6.45) is 1.58. The van der Waals surface area contributed by atoms with Crippen LogP contribution in [-0.2, 0) is 4.79 Å². The normalized spacial score (nSPS) is 13.7. The molecule has 3 N–H and O–H groups in total. The molecule has 2 heterocycles. The minimum Gasteiger partial charge on any atom is -0.493 e. The fourth-order valence-corrected chi connectivity index (χ4v) is 6.06. The molecule has 0 spiro atoms. The summed E-state index contributed by atoms with van der Waals surface area (Å²) in [4.78, 5) is 37.4. The van der Waals surface area contributed by atoms with Crippen molar-refractivity contribution in [1.29, 1.82) is 0 Å². The number of hydrogen-bond acceptors (Lipinski definition) is 6. The summed E-state index contributed by atoms with van der Waals surface area (Å²) in [7, 11) is 0. The van der Waals surface area contributed by atoms with Gasteiger partial charge in [-0.15, -0.1) is 11.3 Å². The van der Waals surface area contributed by atoms with E-state index in [9.17, 15) is 19.5 Å². The molecule has 0 unspecified atom stereocenters. The van der Waals surface area contributed by atoms with Crippen LogP contribution in [0.4, 0.5) is 10.5 Å². The first-order valence-corrected chi connectivity index (χ1v) is 13.7. The number of urea groups is 1. The Balaban J connectivity index is 1.35. The number of aliphatic carboxylic acids is 1. The molecule has 4 rings (SSSR count). The van der Waals surface area contributed by atoms with Gasteiger partial charge in [0, 0.05) is 13.1 Å². The third-order valence-corrected chi connectivity index (χ3v) is 8.50. The first-order valence-electron chi connectivity index (χ1n) is 11.7. The Morgan fingerprint density at radius 2 is 1.82 bits per heavy atom. The molecule has 0 aliphatic carbocycles. The first-order chi connectivity index (χ1) is 18.2. The molecule has 200 valence electrons. The lowest BCUT2D eigenvalue weighted by Gasteiger charge is -2.32. The number of nitrogens with zero attached hydrogens (tertiary/aromatic N) is 1. The fourth-order valence-electron chi connectivity index (χ4n) is 3.99. The van der Waals surface area contributed by atoms with Crippen LogP contribution in [-0.4, -0.2) is 59.4 Å². The second-order valence-corrected chi connectivity index (χ2v) is 10.8. The highest BCUT2D eigenvalue weighted by molar-refractivity contribution is 9.10. The van der Waals surface area contributed by atoms with E-state index in [1.165, 1.54) is 0 Å². The molecule has 12 heteroatoms. The highest BCUT2D eigenvalue weighted by atomic mass is 79.9. The van der Waals surface area contributed by atoms with Crippen molar-refractivity contribution in [3.63, 3.8) is 0 Å². The van der Waals surface area contributed by atoms with E-state index in [0.29, 0.717) is 51.1 Å². The van der Waals surface area contributed by atoms with E-state index in [1.54, 1.807) is 35.2 Å². The molecule has 1 aliphatic heterocycles. The van der Waals surface area contributed by atoms with Crippen LogP contribution in [0.15, 0.2) is 53.0 Å². The molecule has 0 atom stereocenters. The average molecular weight is 624 g/mol. The van der Waals surface area contributed by atoms with Gasteiger partial charge in [-0.25, -0.2) is 14.4 Å². The highest BCUT2D eigenvalue weighted by Gasteiger charge is 2.26. The van der Waals surface area contributed by atoms with E-state index in [0.717, 1.165) is 24.2 Å². The van der Waals surface area contributed by atoms with Crippen LogP contribution in [0.2, 0.25) is 5.02 Å². The summed E-state index contributed by atoms with van der Waals surface area (Å²) in [5, 5.41) is 21.8. The Labute approximate surface area is 236 Å². The number of benzene rings is 2. The maximum absolute atomic E-state index is 12.6. The summed E-state index contributed by atoms with van der Waals surface area (Å²) in [5.41, 5.74) is 1.29. The minimum atomic E-state index is -1.21. The first kappa shape index (κ1) is 27.7. The van der Waals surface area contributed by atoms with Gasteiger partial charge in [-0.1, -0.05) is 35.9 Å². The number of nitrogens with one attached hydrogen (secondary N) is 1. The number of piperidine rings is 1. The maximum Gasteiger partial charge on any atom is 0.349 e. The minimum absolute atomic E-state index is 0.0171. The molecular weight excluding hydrogens is 600 g/mol. The number of carboxylic acids is 2. The quantitative estimate of drug-likeness (QED) is 0.255. The zero-order chi connectivity index (χ0) is 27.2. The standard InChI is InChI=1S/C26H24BrClN2O7S/c27-21-22(37-14-20(31)32)24(25(33)34)38-23(21)16-4-3-5-17(12-16)36-13-15-8-10-30(11-9-15)26(35)29-19-7-2-1-6-18(19)28/h1-7,12,15H,8-11,13-14H2,(H,29,35)(H,31,32)(H,33,34). The Morgan fingerprint density at radius 1 is 1.08 bits per heavy atom. The third kappa shape index (κ3) is 6.77. The zero-order valence-electron chi connectivity index (χ0n) is 20.0. The lowest BCUT2D eigenvalue weighted by molar-refractivity contribution is -0.139. The van der Waals surface area contributed by atoms with Crippen molar-refractivity contribution in [2.45, 2.75) is 12.8 Å². The third-order valence-electron chi connectivity index (χ3n) is 5.94. The van der Waals surface area contributed by atoms with Crippen LogP contribution in [0.5, 0.6) is 11.5 Å². The Hall–Kier alpha value is -3.28. The number of para-hydroxylation sites is 1. The topological polar surface area (TPSA) is 125 Å². The molecule has 38 heavy (non-hydrogen) atoms. The number of hydrogen-bond donors (Lipinski definition) is 3. The number of carbonyl (C=O) groups excluding carboxylic acids is 1. The highest BCUT2D eigenvalue weighted by Crippen LogP contribution is 2.46. The van der Waals surface area contributed by atoms with E-state index in [-0.39, 0.29) is 22.6 Å². The molecule has 0 radical (unpaired) electrons. The molecule has 1 aromatic heterocycles. The second kappa shape index (κ2) is 12.5. The summed E-state index contributed by atoms with van der Waals surface area (Å²) in [6, 6.07) is 14.2. The number of aromatic carboxylic acids is 1. The van der Waals surface area contributed by atoms with Crippen molar-refractivity contribution in [2.24, 2.45) is 5.92 Å². The van der Waals surface area contributed by atoms with Crippen LogP contribution in [0.25, 0.3) is 10.4 Å². The van der Waals surface area contributed by atoms with Gasteiger partial charge in [0.2, 0.25) is 0 Å². The van der Waals surface area contributed by atoms with Crippen LogP contribution < -0.4 is 14.8 Å². The van der Waals surface area contributed by atoms with Crippen LogP contribution in [0, 0.1) is 5.92 Å². The number of likely N-dealkylation sites (tertiary alicyclic amines) is 1. The van der Waals surface area contributed by atoms with E-state index in [2.05, 4.69) is 21.2 Å². The summed E-state index contributed by atoms with van der Waals surface area (Å²) in [6.45, 7) is 1.02. The van der Waals surface area contributed by atoms with Gasteiger partial charge in [-0.2, -0.15) is 0 Å². The number of anilines is 1. The largest absolute Gasteiger partial charge is 0.493 e. The lowest BCUT2D eigenvalue weighted by Crippen LogP contribution is -2.42. The predicted octanol–water partition coefficient (Wildman–Crippen LogP) is 6.32. The molecular formula is C26H24BrClN2O7S. The van der Waals surface area contributed by atoms with Crippen molar-refractivity contribution in [2.75, 3.05) is 31.6 Å². The molecule has 9 nitrogen and oxygen atoms in total. The molecule has 1 fully saturated rings. The van der Waals surface area contributed by atoms with Crippen molar-refractivity contribution < 1.29 is 34.1 Å². The van der Waals surface area contributed by atoms with Gasteiger partial charge in [0.05, 0.1) is 26.7 Å². The number of amides is 2. The van der Waals surface area contributed by atoms with E-state index >= 15 is 0 Å². The van der Waals surface area contributed by atoms with E-state index < -0.39 is 18.5 Å². The predicted molar refractivity (Wildman–Crippen MR) is 148 cm³/mol. The lowest BCUT2D eigenvalue weighted by atomic mass is 9.98. The van der Waals surface area contributed by atoms with E-state index in [4.69, 9.17) is 26.2 Å². The van der Waals surface area contributed by atoms with Crippen molar-refractivity contribution in [3.05, 3.63) is 62.9 Å². The Bertz CT molecular complexity index is 1340. The maximum atomic E-state index is 12.6. The van der Waals surface area contributed by atoms with Gasteiger partial charge in [0.15, 0.2) is 17.2 Å². The van der Waals surface area contributed by atoms with Gasteiger partial charge < -0.3 is 29.9 Å². The van der Waals surface area contributed by atoms with Gasteiger partial charge in [0.25, 0.3) is 0 Å². The van der Waals surface area contributed by atoms with Crippen molar-refractivity contribution in [3.8, 4) is 21.9 Å². The second-order valence-electron chi connectivity index (χ2n) is 8.57. The van der Waals surface area contributed by atoms with E-state index in [1.807, 2.05) is 18.2 Å². The number of halogens is 2. The van der Waals surface area contributed by atoms with Crippen molar-refractivity contribution >= 4 is 62.5 Å². The number of rotatable bonds is 9. The summed E-state index contributed by atoms with van der Waals surface area (Å²) in [5.74, 6) is -1.54. The Kier molecular flexibility index (Phi) is 9.13. The summed E-state index contributed by atoms with van der Waals surface area (Å²) >= 11 is 10.5. The van der Waals surface area contributed by atoms with Crippen LogP contribution >= 0.6 is 38.9 Å². The zero-order valence-corrected chi connectivity index (χ0v) is 23.1. The number of carboxylic acid groups (broad SMARTS) is 2. The average Bonchev–Trinajstić information content (AvgIpc) is 3.24. The molecule has 3 aromatic rings. The Morgan fingerprint density at radius 3 is 2.50 bits per heavy atom. The number of carbonyl (C=O) groups is 3. The molecule has 0 saturated carbocycles. The summed E-state index contributed by atoms with van der Waals surface area (Å²) < 4.78 is 11.6. The number of ether oxygens (including phenoxy) is 2. The van der Waals surface area contributed by atoms with Crippen LogP contribution in [0.3, 0.4) is 0 Å². The molecule has 0 bridgehead atoms. The van der Waals surface area contributed by atoms with Crippen LogP contribution in [0.1, 0.15) is 22.5 Å². The molecule has 1 aliphatic rings. The van der Waals surface area contributed by atoms with Gasteiger partial charge in [-0.3, -0.25) is 0 Å². The fraction of sp³-hybridized carbons (Fsp3) is 0.269. The SMILES string of the molecule is O=C(O)COc1c(C(=O)O)sc(-c2cccc(OCC3CCN(C(=O)Nc4ccccc4Cl)CC3)c2)c1Br. The monoisotopic (exact) mass is 622 g/mol. The number of thiophene rings is 1. The van der Waals surface area contributed by atoms with Gasteiger partial charge >= 0.3 is 18.0 Å². The van der Waals surface area contributed by atoms with Gasteiger partial charge in [0.1, 0.15) is 5.75 Å².